The third-order valence-electron chi connectivity index (χ3n) is 3.04. The topological polar surface area (TPSA) is 118 Å². The highest BCUT2D eigenvalue weighted by Crippen LogP contribution is 2.23. The molecule has 1 N–H and O–H groups in total. The lowest BCUT2D eigenvalue weighted by atomic mass is 10.1. The molecule has 0 aromatic rings. The smallest absolute Gasteiger partial charge is 0.392 e. The largest absolute Gasteiger partial charge is 0.461 e. The minimum absolute atomic E-state index is 0.245. The first kappa shape index (κ1) is 22.7. The Morgan fingerprint density at radius 2 is 1.88 bits per heavy atom. The molecule has 142 valence electrons. The van der Waals surface area contributed by atoms with E-state index in [0.717, 1.165) is 6.92 Å². The summed E-state index contributed by atoms with van der Waals surface area (Å²) in [5.74, 6) is -2.45. The van der Waals surface area contributed by atoms with Crippen LogP contribution >= 0.6 is 0 Å². The van der Waals surface area contributed by atoms with Crippen LogP contribution in [-0.2, 0) is 23.9 Å². The molecule has 0 saturated heterocycles. The van der Waals surface area contributed by atoms with Crippen LogP contribution < -0.4 is 5.32 Å². The van der Waals surface area contributed by atoms with Gasteiger partial charge in [0.15, 0.2) is 0 Å². The Balaban J connectivity index is 4.95. The molecule has 0 saturated carbocycles. The van der Waals surface area contributed by atoms with Crippen LogP contribution in [0.15, 0.2) is 0 Å². The molecule has 0 aliphatic heterocycles. The highest BCUT2D eigenvalue weighted by molar-refractivity contribution is 6.25. The number of nitrogens with zero attached hydrogens (tertiary/aromatic N) is 2. The number of halogens is 3. The number of methoxy groups -OCH3 is 1. The first-order chi connectivity index (χ1) is 11.5. The molecule has 0 radical (unpaired) electrons. The zero-order valence-corrected chi connectivity index (χ0v) is 14.0. The second kappa shape index (κ2) is 10.6. The van der Waals surface area contributed by atoms with Crippen molar-refractivity contribution in [1.29, 1.82) is 0 Å². The molecule has 0 fully saturated rings. The molecule has 0 bridgehead atoms. The summed E-state index contributed by atoms with van der Waals surface area (Å²) in [7, 11) is 1.25. The summed E-state index contributed by atoms with van der Waals surface area (Å²) in [6.07, 6.45) is -8.17. The fraction of sp³-hybridized carbons (Fsp3) is 0.714. The monoisotopic (exact) mass is 367 g/mol. The quantitative estimate of drug-likeness (QED) is 0.268. The maximum atomic E-state index is 12.3. The number of carbonyl (C=O) groups excluding carboxylic acids is 3. The molecule has 3 atom stereocenters. The minimum atomic E-state index is -4.52. The van der Waals surface area contributed by atoms with Crippen LogP contribution in [0.25, 0.3) is 5.53 Å². The third-order valence-corrected chi connectivity index (χ3v) is 3.04. The summed E-state index contributed by atoms with van der Waals surface area (Å²) in [6.45, 7) is 2.46. The van der Waals surface area contributed by atoms with Crippen LogP contribution in [0.3, 0.4) is 0 Å². The highest BCUT2D eigenvalue weighted by atomic mass is 19.4. The van der Waals surface area contributed by atoms with E-state index < -0.39 is 48.5 Å². The van der Waals surface area contributed by atoms with Gasteiger partial charge in [0.25, 0.3) is 0 Å². The van der Waals surface area contributed by atoms with E-state index in [9.17, 15) is 27.6 Å². The fourth-order valence-electron chi connectivity index (χ4n) is 1.71. The van der Waals surface area contributed by atoms with Crippen molar-refractivity contribution in [3.8, 4) is 0 Å². The SMILES string of the molecule is CO[C@@H](C)C(=O)N[C@@H](CCC(=O)C=[N+]=[N-])C(=O)O[C@H](C)CC(F)(F)F. The Hall–Kier alpha value is -2.26. The Morgan fingerprint density at radius 3 is 2.36 bits per heavy atom. The average molecular weight is 367 g/mol. The number of alkyl halides is 3. The lowest BCUT2D eigenvalue weighted by Gasteiger charge is -2.22. The number of hydrogen-bond donors (Lipinski definition) is 1. The zero-order valence-electron chi connectivity index (χ0n) is 14.0. The van der Waals surface area contributed by atoms with Gasteiger partial charge in [-0.05, 0) is 20.3 Å². The Kier molecular flexibility index (Phi) is 9.62. The molecule has 0 aliphatic carbocycles. The van der Waals surface area contributed by atoms with E-state index >= 15 is 0 Å². The molecule has 8 nitrogen and oxygen atoms in total. The van der Waals surface area contributed by atoms with Crippen molar-refractivity contribution >= 4 is 23.9 Å². The van der Waals surface area contributed by atoms with Crippen LogP contribution in [0.5, 0.6) is 0 Å². The molecule has 0 aliphatic rings. The average Bonchev–Trinajstić information content (AvgIpc) is 2.48. The fourth-order valence-corrected chi connectivity index (χ4v) is 1.71. The number of esters is 1. The van der Waals surface area contributed by atoms with Gasteiger partial charge in [-0.15, -0.1) is 0 Å². The second-order valence-corrected chi connectivity index (χ2v) is 5.26. The molecule has 0 aromatic heterocycles. The van der Waals surface area contributed by atoms with E-state index in [1.807, 2.05) is 0 Å². The maximum absolute atomic E-state index is 12.3. The molecule has 0 rings (SSSR count). The Labute approximate surface area is 142 Å². The van der Waals surface area contributed by atoms with Crippen LogP contribution in [0.1, 0.15) is 33.1 Å². The van der Waals surface area contributed by atoms with Gasteiger partial charge in [0.2, 0.25) is 11.7 Å². The summed E-state index contributed by atoms with van der Waals surface area (Å²) in [6, 6.07) is -1.35. The predicted molar refractivity (Wildman–Crippen MR) is 78.6 cm³/mol. The molecular formula is C14H20F3N3O5. The van der Waals surface area contributed by atoms with Gasteiger partial charge in [-0.1, -0.05) is 0 Å². The van der Waals surface area contributed by atoms with Crippen LogP contribution in [0, 0.1) is 0 Å². The molecular weight excluding hydrogens is 347 g/mol. The minimum Gasteiger partial charge on any atom is -0.461 e. The molecule has 0 heterocycles. The standard InChI is InChI=1S/C14H20F3N3O5/c1-8(6-14(15,16)17)25-13(23)11(5-4-10(21)7-19-18)20-12(22)9(2)24-3/h7-9,11H,4-6H2,1-3H3,(H,20,22)/t8-,9+,11+/m1/s1. The van der Waals surface area contributed by atoms with Gasteiger partial charge in [-0.2, -0.15) is 18.0 Å². The molecule has 1 amide bonds. The summed E-state index contributed by atoms with van der Waals surface area (Å²) in [5, 5.41) is 2.25. The molecule has 0 aromatic carbocycles. The second-order valence-electron chi connectivity index (χ2n) is 5.26. The van der Waals surface area contributed by atoms with Gasteiger partial charge in [0, 0.05) is 13.5 Å². The molecule has 0 unspecified atom stereocenters. The summed E-state index contributed by atoms with van der Waals surface area (Å²) < 4.78 is 46.3. The van der Waals surface area contributed by atoms with Gasteiger partial charge < -0.3 is 20.3 Å². The summed E-state index contributed by atoms with van der Waals surface area (Å²) in [4.78, 5) is 37.7. The van der Waals surface area contributed by atoms with Gasteiger partial charge in [0.05, 0.1) is 6.42 Å². The number of ketones is 1. The van der Waals surface area contributed by atoms with E-state index in [2.05, 4.69) is 14.8 Å². The van der Waals surface area contributed by atoms with Crippen LogP contribution in [0.2, 0.25) is 0 Å². The van der Waals surface area contributed by atoms with Gasteiger partial charge in [-0.3, -0.25) is 9.59 Å². The number of hydrogen-bond acceptors (Lipinski definition) is 5. The van der Waals surface area contributed by atoms with Crippen molar-refractivity contribution in [2.75, 3.05) is 7.11 Å². The number of ether oxygens (including phenoxy) is 2. The van der Waals surface area contributed by atoms with Crippen LogP contribution in [-0.4, -0.2) is 60.2 Å². The van der Waals surface area contributed by atoms with Gasteiger partial charge >= 0.3 is 18.4 Å². The van der Waals surface area contributed by atoms with E-state index in [-0.39, 0.29) is 12.8 Å². The number of nitrogens with one attached hydrogen (secondary N) is 1. The van der Waals surface area contributed by atoms with Crippen molar-refractivity contribution < 1.29 is 41.8 Å². The van der Waals surface area contributed by atoms with Gasteiger partial charge in [0.1, 0.15) is 18.2 Å². The van der Waals surface area contributed by atoms with Crippen molar-refractivity contribution in [3.63, 3.8) is 0 Å². The number of amides is 1. The van der Waals surface area contributed by atoms with Gasteiger partial charge in [-0.25, -0.2) is 4.79 Å². The molecule has 0 spiro atoms. The highest BCUT2D eigenvalue weighted by Gasteiger charge is 2.33. The number of carbonyl (C=O) groups is 3. The van der Waals surface area contributed by atoms with Crippen molar-refractivity contribution in [2.24, 2.45) is 0 Å². The van der Waals surface area contributed by atoms with Crippen LogP contribution in [0.4, 0.5) is 13.2 Å². The number of Topliss-reactive ketones (excluding diaryl/α,β-unsaturated/α-hetero) is 1. The summed E-state index contributed by atoms with van der Waals surface area (Å²) >= 11 is 0. The van der Waals surface area contributed by atoms with Crippen molar-refractivity contribution in [1.82, 2.24) is 5.32 Å². The Morgan fingerprint density at radius 1 is 1.28 bits per heavy atom. The van der Waals surface area contributed by atoms with E-state index in [1.165, 1.54) is 14.0 Å². The Bertz CT molecular complexity index is 532. The predicted octanol–water partition coefficient (Wildman–Crippen LogP) is 1.04. The van der Waals surface area contributed by atoms with Crippen molar-refractivity contribution in [3.05, 3.63) is 5.53 Å². The number of rotatable bonds is 10. The zero-order chi connectivity index (χ0) is 19.6. The van der Waals surface area contributed by atoms with E-state index in [1.54, 1.807) is 0 Å². The van der Waals surface area contributed by atoms with E-state index in [0.29, 0.717) is 6.21 Å². The normalized spacial score (nSPS) is 14.6. The lowest BCUT2D eigenvalue weighted by molar-refractivity contribution is -0.172. The summed E-state index contributed by atoms with van der Waals surface area (Å²) in [5.41, 5.74) is 8.25. The van der Waals surface area contributed by atoms with E-state index in [4.69, 9.17) is 10.3 Å². The lowest BCUT2D eigenvalue weighted by Crippen LogP contribution is -2.47. The first-order valence-corrected chi connectivity index (χ1v) is 7.30. The third kappa shape index (κ3) is 10.3. The maximum Gasteiger partial charge on any atom is 0.392 e. The molecule has 11 heteroatoms. The first-order valence-electron chi connectivity index (χ1n) is 7.30. The molecule has 25 heavy (non-hydrogen) atoms. The van der Waals surface area contributed by atoms with Crippen molar-refractivity contribution in [2.45, 2.75) is 57.5 Å².